The molecule has 0 fully saturated rings. The molecule has 6 nitrogen and oxygen atoms in total. The summed E-state index contributed by atoms with van der Waals surface area (Å²) >= 11 is 0. The number of benzene rings is 1. The molecular weight excluding hydrogens is 336 g/mol. The van der Waals surface area contributed by atoms with Crippen molar-refractivity contribution in [1.29, 1.82) is 0 Å². The van der Waals surface area contributed by atoms with Crippen molar-refractivity contribution in [3.05, 3.63) is 33.9 Å². The van der Waals surface area contributed by atoms with Crippen molar-refractivity contribution in [1.82, 2.24) is 0 Å². The van der Waals surface area contributed by atoms with Crippen LogP contribution in [0.2, 0.25) is 0 Å². The normalized spacial score (nSPS) is 14.7. The zero-order valence-corrected chi connectivity index (χ0v) is 16.0. The van der Waals surface area contributed by atoms with Crippen LogP contribution in [0.3, 0.4) is 0 Å². The van der Waals surface area contributed by atoms with E-state index in [2.05, 4.69) is 0 Å². The third-order valence-corrected chi connectivity index (χ3v) is 4.62. The molecule has 0 saturated carbocycles. The number of aromatic hydroxyl groups is 1. The van der Waals surface area contributed by atoms with Crippen LogP contribution in [0.15, 0.2) is 11.6 Å². The molecule has 0 saturated heterocycles. The number of methoxy groups -OCH3 is 1. The molecule has 1 aromatic carbocycles. The smallest absolute Gasteiger partial charge is 0.342 e. The van der Waals surface area contributed by atoms with E-state index in [1.165, 1.54) is 7.11 Å². The fourth-order valence-corrected chi connectivity index (χ4v) is 3.24. The maximum absolute atomic E-state index is 11.9. The Morgan fingerprint density at radius 3 is 2.73 bits per heavy atom. The Kier molecular flexibility index (Phi) is 6.29. The van der Waals surface area contributed by atoms with Crippen molar-refractivity contribution in [2.45, 2.75) is 47.1 Å². The molecule has 1 N–H and O–H groups in total. The molecule has 0 aromatic heterocycles. The number of carbonyl (C=O) groups is 2. The summed E-state index contributed by atoms with van der Waals surface area (Å²) in [5.74, 6) is -0.508. The molecule has 0 radical (unpaired) electrons. The van der Waals surface area contributed by atoms with Crippen molar-refractivity contribution in [2.75, 3.05) is 13.7 Å². The standard InChI is InChI=1S/C20H26O6/c1-6-25-19(22)12(3)9-11(2)7-8-14-17(21)16-15(10-26-20(16)23)13(4)18(14)24-5/h7,12,21H,6,8-10H2,1-5H3/b11-7+. The predicted molar refractivity (Wildman–Crippen MR) is 96.4 cm³/mol. The number of carbonyl (C=O) groups excluding carboxylic acids is 2. The third-order valence-electron chi connectivity index (χ3n) is 4.62. The van der Waals surface area contributed by atoms with E-state index >= 15 is 0 Å². The van der Waals surface area contributed by atoms with Gasteiger partial charge in [0.2, 0.25) is 0 Å². The van der Waals surface area contributed by atoms with Gasteiger partial charge < -0.3 is 19.3 Å². The van der Waals surface area contributed by atoms with Gasteiger partial charge in [-0.05, 0) is 39.2 Å². The van der Waals surface area contributed by atoms with Gasteiger partial charge in [0, 0.05) is 11.1 Å². The highest BCUT2D eigenvalue weighted by Crippen LogP contribution is 2.42. The summed E-state index contributed by atoms with van der Waals surface area (Å²) in [5.41, 5.74) is 3.24. The summed E-state index contributed by atoms with van der Waals surface area (Å²) in [7, 11) is 1.54. The highest BCUT2D eigenvalue weighted by molar-refractivity contribution is 5.98. The SMILES string of the molecule is CCOC(=O)C(C)C/C(C)=C/Cc1c(O)c2c(c(C)c1OC)COC2=O. The fraction of sp³-hybridized carbons (Fsp3) is 0.500. The summed E-state index contributed by atoms with van der Waals surface area (Å²) in [4.78, 5) is 23.7. The number of hydrogen-bond acceptors (Lipinski definition) is 6. The minimum atomic E-state index is -0.513. The molecule has 1 atom stereocenters. The van der Waals surface area contributed by atoms with Crippen LogP contribution in [0.4, 0.5) is 0 Å². The Bertz CT molecular complexity index is 747. The van der Waals surface area contributed by atoms with Gasteiger partial charge in [-0.3, -0.25) is 4.79 Å². The van der Waals surface area contributed by atoms with Gasteiger partial charge >= 0.3 is 11.9 Å². The number of hydrogen-bond donors (Lipinski definition) is 1. The van der Waals surface area contributed by atoms with Crippen molar-refractivity contribution >= 4 is 11.9 Å². The van der Waals surface area contributed by atoms with E-state index in [9.17, 15) is 14.7 Å². The Labute approximate surface area is 153 Å². The lowest BCUT2D eigenvalue weighted by molar-refractivity contribution is -0.147. The zero-order valence-electron chi connectivity index (χ0n) is 16.0. The first-order valence-electron chi connectivity index (χ1n) is 8.72. The van der Waals surface area contributed by atoms with Gasteiger partial charge in [-0.15, -0.1) is 0 Å². The number of esters is 2. The van der Waals surface area contributed by atoms with Gasteiger partial charge in [-0.25, -0.2) is 4.79 Å². The number of fused-ring (bicyclic) bond motifs is 1. The molecule has 142 valence electrons. The van der Waals surface area contributed by atoms with E-state index < -0.39 is 5.97 Å². The first-order valence-corrected chi connectivity index (χ1v) is 8.72. The van der Waals surface area contributed by atoms with E-state index in [0.29, 0.717) is 36.3 Å². The average molecular weight is 362 g/mol. The van der Waals surface area contributed by atoms with Crippen LogP contribution in [0.5, 0.6) is 11.5 Å². The van der Waals surface area contributed by atoms with Gasteiger partial charge in [-0.1, -0.05) is 18.6 Å². The van der Waals surface area contributed by atoms with Gasteiger partial charge in [0.25, 0.3) is 0 Å². The molecule has 0 aliphatic carbocycles. The largest absolute Gasteiger partial charge is 0.507 e. The molecule has 6 heteroatoms. The average Bonchev–Trinajstić information content (AvgIpc) is 2.99. The van der Waals surface area contributed by atoms with E-state index in [0.717, 1.165) is 11.1 Å². The molecule has 1 aliphatic rings. The summed E-state index contributed by atoms with van der Waals surface area (Å²) < 4.78 is 15.5. The first kappa shape index (κ1) is 19.8. The molecule has 1 heterocycles. The molecule has 0 spiro atoms. The number of allylic oxidation sites excluding steroid dienone is 2. The number of ether oxygens (including phenoxy) is 3. The summed E-state index contributed by atoms with van der Waals surface area (Å²) in [6, 6.07) is 0. The quantitative estimate of drug-likeness (QED) is 0.591. The number of phenolic OH excluding ortho intramolecular Hbond substituents is 1. The summed E-state index contributed by atoms with van der Waals surface area (Å²) in [6.07, 6.45) is 2.88. The minimum absolute atomic E-state index is 0.0903. The van der Waals surface area contributed by atoms with Crippen molar-refractivity contribution in [2.24, 2.45) is 5.92 Å². The van der Waals surface area contributed by atoms with E-state index in [1.54, 1.807) is 6.92 Å². The van der Waals surface area contributed by atoms with Crippen LogP contribution in [0, 0.1) is 12.8 Å². The number of phenols is 1. The van der Waals surface area contributed by atoms with Crippen LogP contribution in [-0.4, -0.2) is 30.8 Å². The van der Waals surface area contributed by atoms with E-state index in [1.807, 2.05) is 26.8 Å². The topological polar surface area (TPSA) is 82.1 Å². The van der Waals surface area contributed by atoms with E-state index in [4.69, 9.17) is 14.2 Å². The van der Waals surface area contributed by atoms with Crippen LogP contribution in [-0.2, 0) is 27.3 Å². The third kappa shape index (κ3) is 3.84. The Morgan fingerprint density at radius 1 is 1.42 bits per heavy atom. The molecule has 1 aromatic rings. The minimum Gasteiger partial charge on any atom is -0.507 e. The summed E-state index contributed by atoms with van der Waals surface area (Å²) in [5, 5.41) is 10.6. The lowest BCUT2D eigenvalue weighted by atomic mass is 9.94. The van der Waals surface area contributed by atoms with Gasteiger partial charge in [0.1, 0.15) is 23.7 Å². The predicted octanol–water partition coefficient (Wildman–Crippen LogP) is 3.46. The molecule has 26 heavy (non-hydrogen) atoms. The lowest BCUT2D eigenvalue weighted by Gasteiger charge is -2.16. The van der Waals surface area contributed by atoms with Crippen LogP contribution < -0.4 is 4.74 Å². The second-order valence-corrected chi connectivity index (χ2v) is 6.53. The first-order chi connectivity index (χ1) is 12.3. The maximum atomic E-state index is 11.9. The Balaban J connectivity index is 2.27. The molecule has 0 bridgehead atoms. The lowest BCUT2D eigenvalue weighted by Crippen LogP contribution is -2.14. The second-order valence-electron chi connectivity index (χ2n) is 6.53. The molecule has 2 rings (SSSR count). The molecule has 1 aliphatic heterocycles. The molecule has 0 amide bonds. The van der Waals surface area contributed by atoms with Crippen LogP contribution in [0.25, 0.3) is 0 Å². The second kappa shape index (κ2) is 8.25. The molecular formula is C20H26O6. The highest BCUT2D eigenvalue weighted by Gasteiger charge is 2.31. The summed E-state index contributed by atoms with van der Waals surface area (Å²) in [6.45, 7) is 7.89. The van der Waals surface area contributed by atoms with Gasteiger partial charge in [-0.2, -0.15) is 0 Å². The number of rotatable bonds is 7. The van der Waals surface area contributed by atoms with Crippen molar-refractivity contribution < 1.29 is 28.9 Å². The maximum Gasteiger partial charge on any atom is 0.342 e. The fourth-order valence-electron chi connectivity index (χ4n) is 3.24. The van der Waals surface area contributed by atoms with Gasteiger partial charge in [0.05, 0.1) is 19.6 Å². The highest BCUT2D eigenvalue weighted by atomic mass is 16.5. The number of cyclic esters (lactones) is 1. The van der Waals surface area contributed by atoms with Crippen molar-refractivity contribution in [3.8, 4) is 11.5 Å². The Morgan fingerprint density at radius 2 is 2.12 bits per heavy atom. The van der Waals surface area contributed by atoms with E-state index in [-0.39, 0.29) is 29.8 Å². The Hall–Kier alpha value is -2.50. The van der Waals surface area contributed by atoms with Crippen LogP contribution in [0.1, 0.15) is 54.2 Å². The molecule has 1 unspecified atom stereocenters. The van der Waals surface area contributed by atoms with Crippen molar-refractivity contribution in [3.63, 3.8) is 0 Å². The monoisotopic (exact) mass is 362 g/mol. The van der Waals surface area contributed by atoms with Gasteiger partial charge in [0.15, 0.2) is 0 Å². The van der Waals surface area contributed by atoms with Crippen LogP contribution >= 0.6 is 0 Å². The zero-order chi connectivity index (χ0) is 19.4.